The van der Waals surface area contributed by atoms with Gasteiger partial charge in [0.15, 0.2) is 0 Å². The molecule has 1 heterocycles. The van der Waals surface area contributed by atoms with Crippen molar-refractivity contribution in [2.24, 2.45) is 7.05 Å². The van der Waals surface area contributed by atoms with E-state index in [0.29, 0.717) is 0 Å². The van der Waals surface area contributed by atoms with Crippen LogP contribution < -0.4 is 0 Å². The van der Waals surface area contributed by atoms with Gasteiger partial charge in [-0.3, -0.25) is 4.79 Å². The standard InChI is InChI=1S/C11H13NO5/c1-4-17-11(15)9(13)8-5-7(6-12(8)2)10(14)16-3/h5-6H,4H2,1-3H3. The first kappa shape index (κ1) is 13.0. The van der Waals surface area contributed by atoms with E-state index in [9.17, 15) is 14.4 Å². The molecule has 0 aliphatic carbocycles. The number of rotatable bonds is 4. The van der Waals surface area contributed by atoms with Crippen molar-refractivity contribution in [1.82, 2.24) is 4.57 Å². The molecular weight excluding hydrogens is 226 g/mol. The lowest BCUT2D eigenvalue weighted by Gasteiger charge is -2.01. The van der Waals surface area contributed by atoms with Crippen molar-refractivity contribution >= 4 is 17.7 Å². The van der Waals surface area contributed by atoms with E-state index in [4.69, 9.17) is 0 Å². The molecule has 0 bridgehead atoms. The largest absolute Gasteiger partial charge is 0.465 e. The molecular formula is C11H13NO5. The van der Waals surface area contributed by atoms with Crippen molar-refractivity contribution in [3.63, 3.8) is 0 Å². The van der Waals surface area contributed by atoms with Crippen LogP contribution in [0.2, 0.25) is 0 Å². The van der Waals surface area contributed by atoms with Crippen LogP contribution in [0.5, 0.6) is 0 Å². The second-order valence-electron chi connectivity index (χ2n) is 3.27. The highest BCUT2D eigenvalue weighted by molar-refractivity contribution is 6.40. The van der Waals surface area contributed by atoms with Crippen LogP contribution in [0.15, 0.2) is 12.3 Å². The van der Waals surface area contributed by atoms with Crippen LogP contribution in [-0.2, 0) is 21.3 Å². The highest BCUT2D eigenvalue weighted by Crippen LogP contribution is 2.10. The van der Waals surface area contributed by atoms with Gasteiger partial charge in [0.05, 0.1) is 25.0 Å². The number of methoxy groups -OCH3 is 1. The van der Waals surface area contributed by atoms with E-state index in [-0.39, 0.29) is 17.9 Å². The van der Waals surface area contributed by atoms with Crippen LogP contribution in [0.3, 0.4) is 0 Å². The Kier molecular flexibility index (Phi) is 4.03. The van der Waals surface area contributed by atoms with E-state index in [0.717, 1.165) is 0 Å². The molecule has 1 rings (SSSR count). The molecule has 6 nitrogen and oxygen atoms in total. The highest BCUT2D eigenvalue weighted by atomic mass is 16.5. The summed E-state index contributed by atoms with van der Waals surface area (Å²) in [6.45, 7) is 1.73. The summed E-state index contributed by atoms with van der Waals surface area (Å²) < 4.78 is 10.5. The van der Waals surface area contributed by atoms with Gasteiger partial charge < -0.3 is 14.0 Å². The molecule has 6 heteroatoms. The van der Waals surface area contributed by atoms with E-state index in [2.05, 4.69) is 9.47 Å². The Bertz CT molecular complexity index is 460. The molecule has 0 amide bonds. The van der Waals surface area contributed by atoms with Crippen LogP contribution >= 0.6 is 0 Å². The van der Waals surface area contributed by atoms with Crippen LogP contribution in [0.1, 0.15) is 27.8 Å². The van der Waals surface area contributed by atoms with Crippen molar-refractivity contribution in [3.8, 4) is 0 Å². The third kappa shape index (κ3) is 2.72. The number of carbonyl (C=O) groups is 3. The van der Waals surface area contributed by atoms with Crippen molar-refractivity contribution < 1.29 is 23.9 Å². The molecule has 0 radical (unpaired) electrons. The smallest absolute Gasteiger partial charge is 0.381 e. The Morgan fingerprint density at radius 2 is 2.00 bits per heavy atom. The van der Waals surface area contributed by atoms with E-state index in [1.54, 1.807) is 14.0 Å². The quantitative estimate of drug-likeness (QED) is 0.436. The maximum absolute atomic E-state index is 11.6. The first-order valence-electron chi connectivity index (χ1n) is 4.97. The summed E-state index contributed by atoms with van der Waals surface area (Å²) >= 11 is 0. The zero-order chi connectivity index (χ0) is 13.0. The molecule has 92 valence electrons. The van der Waals surface area contributed by atoms with Gasteiger partial charge in [-0.15, -0.1) is 0 Å². The topological polar surface area (TPSA) is 74.6 Å². The van der Waals surface area contributed by atoms with Crippen molar-refractivity contribution in [2.45, 2.75) is 6.92 Å². The number of aromatic nitrogens is 1. The molecule has 0 unspecified atom stereocenters. The molecule has 0 aromatic carbocycles. The normalized spacial score (nSPS) is 9.82. The number of carbonyl (C=O) groups excluding carboxylic acids is 3. The van der Waals surface area contributed by atoms with Gasteiger partial charge in [-0.05, 0) is 13.0 Å². The summed E-state index contributed by atoms with van der Waals surface area (Å²) in [6.07, 6.45) is 1.41. The zero-order valence-electron chi connectivity index (χ0n) is 9.85. The highest BCUT2D eigenvalue weighted by Gasteiger charge is 2.22. The zero-order valence-corrected chi connectivity index (χ0v) is 9.85. The molecule has 1 aromatic rings. The number of Topliss-reactive ketones (excluding diaryl/α,β-unsaturated/α-hetero) is 1. The Balaban J connectivity index is 2.99. The second-order valence-corrected chi connectivity index (χ2v) is 3.27. The van der Waals surface area contributed by atoms with E-state index < -0.39 is 17.7 Å². The van der Waals surface area contributed by atoms with Gasteiger partial charge in [0.2, 0.25) is 0 Å². The molecule has 0 aliphatic heterocycles. The third-order valence-corrected chi connectivity index (χ3v) is 2.12. The SMILES string of the molecule is CCOC(=O)C(=O)c1cc(C(=O)OC)cn1C. The minimum Gasteiger partial charge on any atom is -0.465 e. The minimum atomic E-state index is -0.940. The van der Waals surface area contributed by atoms with Crippen molar-refractivity contribution in [3.05, 3.63) is 23.5 Å². The molecule has 0 atom stereocenters. The lowest BCUT2D eigenvalue weighted by Crippen LogP contribution is -2.19. The predicted molar refractivity (Wildman–Crippen MR) is 57.7 cm³/mol. The van der Waals surface area contributed by atoms with Gasteiger partial charge in [0.1, 0.15) is 0 Å². The first-order chi connectivity index (χ1) is 8.01. The van der Waals surface area contributed by atoms with Gasteiger partial charge in [-0.1, -0.05) is 0 Å². The average molecular weight is 239 g/mol. The maximum Gasteiger partial charge on any atom is 0.381 e. The summed E-state index contributed by atoms with van der Waals surface area (Å²) in [7, 11) is 2.79. The van der Waals surface area contributed by atoms with Crippen molar-refractivity contribution in [1.29, 1.82) is 0 Å². The fraction of sp³-hybridized carbons (Fsp3) is 0.364. The second kappa shape index (κ2) is 5.29. The Morgan fingerprint density at radius 1 is 1.35 bits per heavy atom. The van der Waals surface area contributed by atoms with Crippen LogP contribution in [0, 0.1) is 0 Å². The van der Waals surface area contributed by atoms with Gasteiger partial charge in [0.25, 0.3) is 5.78 Å². The van der Waals surface area contributed by atoms with Gasteiger partial charge in [-0.25, -0.2) is 9.59 Å². The van der Waals surface area contributed by atoms with E-state index in [1.807, 2.05) is 0 Å². The molecule has 0 fully saturated rings. The molecule has 1 aromatic heterocycles. The number of nitrogens with zero attached hydrogens (tertiary/aromatic N) is 1. The average Bonchev–Trinajstić information content (AvgIpc) is 2.69. The van der Waals surface area contributed by atoms with Gasteiger partial charge in [0, 0.05) is 13.2 Å². The summed E-state index contributed by atoms with van der Waals surface area (Å²) in [5.74, 6) is -2.29. The fourth-order valence-electron chi connectivity index (χ4n) is 1.32. The summed E-state index contributed by atoms with van der Waals surface area (Å²) in [6, 6.07) is 1.30. The van der Waals surface area contributed by atoms with E-state index >= 15 is 0 Å². The molecule has 0 aliphatic rings. The Hall–Kier alpha value is -2.11. The van der Waals surface area contributed by atoms with Crippen molar-refractivity contribution in [2.75, 3.05) is 13.7 Å². The number of hydrogen-bond donors (Lipinski definition) is 0. The monoisotopic (exact) mass is 239 g/mol. The predicted octanol–water partition coefficient (Wildman–Crippen LogP) is 0.557. The lowest BCUT2D eigenvalue weighted by molar-refractivity contribution is -0.137. The third-order valence-electron chi connectivity index (χ3n) is 2.12. The first-order valence-corrected chi connectivity index (χ1v) is 4.97. The van der Waals surface area contributed by atoms with Crippen LogP contribution in [0.25, 0.3) is 0 Å². The molecule has 0 saturated carbocycles. The summed E-state index contributed by atoms with van der Waals surface area (Å²) in [5.41, 5.74) is 0.298. The molecule has 17 heavy (non-hydrogen) atoms. The van der Waals surface area contributed by atoms with E-state index in [1.165, 1.54) is 23.9 Å². The summed E-state index contributed by atoms with van der Waals surface area (Å²) in [4.78, 5) is 34.1. The lowest BCUT2D eigenvalue weighted by atomic mass is 10.2. The number of aryl methyl sites for hydroxylation is 1. The summed E-state index contributed by atoms with van der Waals surface area (Å²) in [5, 5.41) is 0. The number of ketones is 1. The molecule has 0 saturated heterocycles. The number of esters is 2. The fourth-order valence-corrected chi connectivity index (χ4v) is 1.32. The molecule has 0 N–H and O–H groups in total. The van der Waals surface area contributed by atoms with Crippen LogP contribution in [-0.4, -0.2) is 36.0 Å². The van der Waals surface area contributed by atoms with Gasteiger partial charge in [-0.2, -0.15) is 0 Å². The van der Waals surface area contributed by atoms with Gasteiger partial charge >= 0.3 is 11.9 Å². The molecule has 0 spiro atoms. The number of ether oxygens (including phenoxy) is 2. The van der Waals surface area contributed by atoms with Crippen LogP contribution in [0.4, 0.5) is 0 Å². The number of hydrogen-bond acceptors (Lipinski definition) is 5. The maximum atomic E-state index is 11.6. The minimum absolute atomic E-state index is 0.0869. The Morgan fingerprint density at radius 3 is 2.53 bits per heavy atom. The Labute approximate surface area is 98.1 Å².